The lowest BCUT2D eigenvalue weighted by Crippen LogP contribution is -2.50. The Balaban J connectivity index is 2.08. The van der Waals surface area contributed by atoms with Crippen LogP contribution in [-0.2, 0) is 45.5 Å². The summed E-state index contributed by atoms with van der Waals surface area (Å²) >= 11 is 6.08. The lowest BCUT2D eigenvalue weighted by molar-refractivity contribution is -0.139. The number of nitrogens with zero attached hydrogens (tertiary/aromatic N) is 1. The normalized spacial score (nSPS) is 13.9. The van der Waals surface area contributed by atoms with Crippen LogP contribution in [0.15, 0.2) is 54.6 Å². The van der Waals surface area contributed by atoms with Crippen LogP contribution in [0.1, 0.15) is 113 Å². The largest absolute Gasteiger partial charge is 0.543 e. The molecular weight excluding hydrogens is 820 g/mol. The monoisotopic (exact) mass is 892 g/mol. The third-order valence-electron chi connectivity index (χ3n) is 12.0. The summed E-state index contributed by atoms with van der Waals surface area (Å²) in [6.07, 6.45) is -0.331. The molecule has 0 bridgehead atoms. The maximum Gasteiger partial charge on any atom is 0.408 e. The summed E-state index contributed by atoms with van der Waals surface area (Å²) < 4.78 is 21.1. The van der Waals surface area contributed by atoms with Gasteiger partial charge in [0.25, 0.3) is 8.32 Å². The van der Waals surface area contributed by atoms with Crippen LogP contribution in [0, 0.1) is 5.41 Å². The van der Waals surface area contributed by atoms with Gasteiger partial charge in [0, 0.05) is 43.1 Å². The van der Waals surface area contributed by atoms with Crippen molar-refractivity contribution < 1.29 is 33.7 Å². The van der Waals surface area contributed by atoms with Crippen LogP contribution < -0.4 is 15.0 Å². The summed E-state index contributed by atoms with van der Waals surface area (Å²) in [5.41, 5.74) is 7.68. The fourth-order valence-corrected chi connectivity index (χ4v) is 15.4. The smallest absolute Gasteiger partial charge is 0.408 e. The summed E-state index contributed by atoms with van der Waals surface area (Å²) in [5, 5.41) is 25.9. The minimum Gasteiger partial charge on any atom is -0.543 e. The molecule has 0 fully saturated rings. The zero-order chi connectivity index (χ0) is 46.0. The molecule has 4 rings (SSSR count). The molecule has 336 valence electrons. The number of carboxylic acid groups (broad SMARTS) is 1. The van der Waals surface area contributed by atoms with Gasteiger partial charge in [0.1, 0.15) is 17.4 Å². The highest BCUT2D eigenvalue weighted by Crippen LogP contribution is 2.46. The number of carboxylic acids is 1. The van der Waals surface area contributed by atoms with Gasteiger partial charge >= 0.3 is 12.1 Å². The van der Waals surface area contributed by atoms with E-state index in [1.807, 2.05) is 12.1 Å². The highest BCUT2D eigenvalue weighted by Gasteiger charge is 2.47. The van der Waals surface area contributed by atoms with Gasteiger partial charge in [-0.25, -0.2) is 9.59 Å². The van der Waals surface area contributed by atoms with Gasteiger partial charge in [0.15, 0.2) is 0 Å². The Hall–Kier alpha value is -3.47. The zero-order valence-corrected chi connectivity index (χ0v) is 42.4. The van der Waals surface area contributed by atoms with Crippen molar-refractivity contribution >= 4 is 54.4 Å². The minimum absolute atomic E-state index is 0.00896. The number of rotatable bonds is 18. The van der Waals surface area contributed by atoms with Gasteiger partial charge in [-0.1, -0.05) is 91.5 Å². The molecule has 3 aromatic carbocycles. The number of hydrogen-bond acceptors (Lipinski definition) is 7. The number of aliphatic carboxylic acids is 1. The molecule has 4 aromatic rings. The number of ether oxygens (including phenoxy) is 2. The van der Waals surface area contributed by atoms with E-state index in [9.17, 15) is 19.8 Å². The first kappa shape index (κ1) is 50.2. The molecular formula is C49H73N2O7PSSi. The molecule has 1 amide bonds. The number of fused-ring (bicyclic) bond motifs is 1. The van der Waals surface area contributed by atoms with Crippen molar-refractivity contribution in [1.82, 2.24) is 9.88 Å². The molecule has 9 nitrogen and oxygen atoms in total. The van der Waals surface area contributed by atoms with E-state index in [0.717, 1.165) is 49.7 Å². The van der Waals surface area contributed by atoms with Crippen molar-refractivity contribution in [2.24, 2.45) is 5.41 Å². The summed E-state index contributed by atoms with van der Waals surface area (Å²) in [4.78, 5) is 25.5. The van der Waals surface area contributed by atoms with Crippen LogP contribution in [0.25, 0.3) is 33.3 Å². The Labute approximate surface area is 372 Å². The van der Waals surface area contributed by atoms with E-state index in [1.165, 1.54) is 0 Å². The number of nitrogens with one attached hydrogen (secondary N) is 1. The number of methoxy groups -OCH3 is 1. The van der Waals surface area contributed by atoms with Gasteiger partial charge in [-0.15, -0.1) is 0 Å². The molecule has 0 aliphatic heterocycles. The summed E-state index contributed by atoms with van der Waals surface area (Å²) in [7, 11) is -0.711. The number of carbonyl (C=O) groups excluding carboxylic acids is 1. The molecule has 0 unspecified atom stereocenters. The molecule has 0 saturated carbocycles. The Bertz CT molecular complexity index is 2230. The number of aryl methyl sites for hydroxylation is 1. The van der Waals surface area contributed by atoms with E-state index in [2.05, 4.69) is 135 Å². The fourth-order valence-electron chi connectivity index (χ4n) is 8.97. The number of aromatic nitrogens is 1. The fraction of sp³-hybridized carbons (Fsp3) is 0.551. The van der Waals surface area contributed by atoms with Crippen LogP contribution in [0.3, 0.4) is 0 Å². The zero-order valence-electron chi connectivity index (χ0n) is 39.6. The van der Waals surface area contributed by atoms with Gasteiger partial charge in [0.2, 0.25) is 0 Å². The topological polar surface area (TPSA) is 119 Å². The first-order chi connectivity index (χ1) is 28.2. The third kappa shape index (κ3) is 11.6. The second-order valence-electron chi connectivity index (χ2n) is 19.8. The Morgan fingerprint density at radius 3 is 2.02 bits per heavy atom. The van der Waals surface area contributed by atoms with Gasteiger partial charge in [-0.05, 0) is 146 Å². The van der Waals surface area contributed by atoms with E-state index in [-0.39, 0.29) is 19.1 Å². The van der Waals surface area contributed by atoms with Crippen LogP contribution in [0.4, 0.5) is 4.79 Å². The van der Waals surface area contributed by atoms with Crippen molar-refractivity contribution in [2.75, 3.05) is 27.0 Å². The molecule has 0 aliphatic carbocycles. The van der Waals surface area contributed by atoms with E-state index in [4.69, 9.17) is 25.7 Å². The predicted molar refractivity (Wildman–Crippen MR) is 260 cm³/mol. The molecule has 1 heterocycles. The maximum atomic E-state index is 12.9. The molecule has 0 radical (unpaired) electrons. The average Bonchev–Trinajstić information content (AvgIpc) is 3.45. The summed E-state index contributed by atoms with van der Waals surface area (Å²) in [5.74, 6) is -0.470. The van der Waals surface area contributed by atoms with Crippen molar-refractivity contribution in [3.63, 3.8) is 0 Å². The molecule has 61 heavy (non-hydrogen) atoms. The van der Waals surface area contributed by atoms with E-state index in [0.29, 0.717) is 40.9 Å². The number of hydrogen-bond donors (Lipinski definition) is 3. The Kier molecular flexibility index (Phi) is 16.0. The van der Waals surface area contributed by atoms with Gasteiger partial charge in [-0.2, -0.15) is 0 Å². The van der Waals surface area contributed by atoms with Crippen LogP contribution in [-0.4, -0.2) is 73.8 Å². The number of amides is 1. The van der Waals surface area contributed by atoms with Gasteiger partial charge in [-0.3, -0.25) is 0 Å². The van der Waals surface area contributed by atoms with Crippen LogP contribution >= 0.6 is 6.04 Å². The number of aliphatic hydroxyl groups is 1. The van der Waals surface area contributed by atoms with Crippen molar-refractivity contribution in [2.45, 2.75) is 144 Å². The lowest BCUT2D eigenvalue weighted by atomic mass is 9.83. The summed E-state index contributed by atoms with van der Waals surface area (Å²) in [6, 6.07) is 16.1. The average molecular weight is 893 g/mol. The van der Waals surface area contributed by atoms with E-state index < -0.39 is 43.5 Å². The van der Waals surface area contributed by atoms with Crippen LogP contribution in [0.2, 0.25) is 16.6 Å². The predicted octanol–water partition coefficient (Wildman–Crippen LogP) is 11.7. The van der Waals surface area contributed by atoms with Gasteiger partial charge in [0.05, 0.1) is 11.8 Å². The van der Waals surface area contributed by atoms with Gasteiger partial charge < -0.3 is 34.0 Å². The Morgan fingerprint density at radius 1 is 0.885 bits per heavy atom. The maximum absolute atomic E-state index is 12.9. The lowest BCUT2D eigenvalue weighted by Gasteiger charge is -2.42. The molecule has 0 aliphatic rings. The minimum atomic E-state index is -2.44. The quantitative estimate of drug-likeness (QED) is 0.0667. The second kappa shape index (κ2) is 19.5. The number of carbonyl (C=O) groups is 2. The molecule has 3 N–H and O–H groups in total. The van der Waals surface area contributed by atoms with E-state index >= 15 is 0 Å². The molecule has 1 aromatic heterocycles. The number of aliphatic hydroxyl groups excluding tert-OH is 1. The number of alkyl carbamates (subject to hydrolysis) is 1. The Morgan fingerprint density at radius 2 is 1.51 bits per heavy atom. The van der Waals surface area contributed by atoms with E-state index in [1.54, 1.807) is 27.9 Å². The number of benzene rings is 3. The van der Waals surface area contributed by atoms with Crippen LogP contribution in [0.5, 0.6) is 5.75 Å². The highest BCUT2D eigenvalue weighted by atomic mass is 32.4. The SMILES string of the molecule is CCn1c(-c2cc(P(C)(C)=S)ccc2[C@H](C)OC)c(CC(C)(C)CO)c2cc(-c3cc(C[C@H](NC(=O)OC(C)(C)C)C(=O)O)cc(O[Si](C(C)C)(C(C)C)C(C)C)c3)ccc21. The molecule has 12 heteroatoms. The van der Waals surface area contributed by atoms with Crippen molar-refractivity contribution in [1.29, 1.82) is 0 Å². The molecule has 2 atom stereocenters. The van der Waals surface area contributed by atoms with Crippen molar-refractivity contribution in [3.8, 4) is 28.1 Å². The third-order valence-corrected chi connectivity index (χ3v) is 20.2. The highest BCUT2D eigenvalue weighted by molar-refractivity contribution is 8.17. The molecule has 0 spiro atoms. The second-order valence-corrected chi connectivity index (χ2v) is 31.2. The standard InChI is InChI=1S/C49H73N2O7PSSi/c1-17-51-44-21-18-35(26-40(44)42(28-49(12,13)29-52)45(51)41-27-38(59(15,16)60)19-20-39(41)33(8)56-14)36-22-34(24-43(46(53)54)50-47(55)57-48(9,10)11)23-37(25-36)58-61(30(2)3,31(4)5)32(6)7/h18-23,25-27,30-33,43,52H,17,24,28-29H2,1-16H3,(H,50,55)(H,53,54)/t33-,43-/m0/s1. The first-order valence-electron chi connectivity index (χ1n) is 21.7. The van der Waals surface area contributed by atoms with Crippen molar-refractivity contribution in [3.05, 3.63) is 71.3 Å². The first-order valence-corrected chi connectivity index (χ1v) is 27.6. The molecule has 0 saturated heterocycles. The summed E-state index contributed by atoms with van der Waals surface area (Å²) in [6.45, 7) is 32.1.